The summed E-state index contributed by atoms with van der Waals surface area (Å²) in [5.41, 5.74) is 1.26. The Hall–Kier alpha value is -2.45. The van der Waals surface area contributed by atoms with E-state index in [2.05, 4.69) is 4.98 Å². The van der Waals surface area contributed by atoms with Crippen molar-refractivity contribution in [2.45, 2.75) is 18.4 Å². The minimum atomic E-state index is -3.57. The molecule has 0 aliphatic heterocycles. The van der Waals surface area contributed by atoms with Crippen LogP contribution in [0.2, 0.25) is 0 Å². The second-order valence-electron chi connectivity index (χ2n) is 5.57. The number of hydrogen-bond acceptors (Lipinski definition) is 4. The molecule has 0 bridgehead atoms. The first-order valence-electron chi connectivity index (χ1n) is 7.44. The molecule has 0 N–H and O–H groups in total. The predicted octanol–water partition coefficient (Wildman–Crippen LogP) is 1.80. The van der Waals surface area contributed by atoms with E-state index in [9.17, 15) is 13.2 Å². The van der Waals surface area contributed by atoms with Crippen LogP contribution in [0.25, 0.3) is 10.9 Å². The Morgan fingerprint density at radius 1 is 1.29 bits per heavy atom. The highest BCUT2D eigenvalue weighted by Crippen LogP contribution is 2.26. The van der Waals surface area contributed by atoms with Crippen LogP contribution in [0.3, 0.4) is 0 Å². The number of nitrogens with zero attached hydrogens (tertiary/aromatic N) is 4. The van der Waals surface area contributed by atoms with Gasteiger partial charge >= 0.3 is 0 Å². The smallest absolute Gasteiger partial charge is 0.265 e. The van der Waals surface area contributed by atoms with Gasteiger partial charge in [-0.05, 0) is 25.1 Å². The van der Waals surface area contributed by atoms with Gasteiger partial charge in [0.15, 0.2) is 0 Å². The molecule has 2 aromatic heterocycles. The van der Waals surface area contributed by atoms with Crippen LogP contribution < -0.4 is 0 Å². The molecule has 8 heteroatoms. The molecule has 0 saturated carbocycles. The van der Waals surface area contributed by atoms with Gasteiger partial charge in [-0.1, -0.05) is 0 Å². The highest BCUT2D eigenvalue weighted by Gasteiger charge is 2.21. The summed E-state index contributed by atoms with van der Waals surface area (Å²) in [5.74, 6) is -0.246. The molecule has 0 amide bonds. The lowest BCUT2D eigenvalue weighted by Crippen LogP contribution is -2.22. The number of benzene rings is 1. The summed E-state index contributed by atoms with van der Waals surface area (Å²) >= 11 is 0. The first-order valence-corrected chi connectivity index (χ1v) is 8.88. The quantitative estimate of drug-likeness (QED) is 0.722. The average molecular weight is 346 g/mol. The third-order valence-corrected chi connectivity index (χ3v) is 5.75. The fraction of sp³-hybridized carbons (Fsp3) is 0.250. The number of carbonyl (C=O) groups is 1. The molecule has 0 aliphatic rings. The molecule has 0 saturated heterocycles. The second kappa shape index (κ2) is 5.88. The Morgan fingerprint density at radius 3 is 2.62 bits per heavy atom. The number of sulfonamides is 1. The van der Waals surface area contributed by atoms with E-state index in [4.69, 9.17) is 0 Å². The number of hydrogen-bond donors (Lipinski definition) is 0. The normalized spacial score (nSPS) is 12.2. The van der Waals surface area contributed by atoms with Crippen LogP contribution in [0.1, 0.15) is 17.3 Å². The van der Waals surface area contributed by atoms with Crippen LogP contribution in [-0.2, 0) is 16.6 Å². The van der Waals surface area contributed by atoms with E-state index in [1.54, 1.807) is 30.6 Å². The van der Waals surface area contributed by atoms with Gasteiger partial charge in [0.05, 0.1) is 10.5 Å². The number of carbonyl (C=O) groups excluding carboxylic acids is 1. The van der Waals surface area contributed by atoms with Gasteiger partial charge in [-0.2, -0.15) is 0 Å². The van der Waals surface area contributed by atoms with Gasteiger partial charge in [-0.3, -0.25) is 9.36 Å². The highest BCUT2D eigenvalue weighted by atomic mass is 32.2. The van der Waals surface area contributed by atoms with Gasteiger partial charge < -0.3 is 4.57 Å². The van der Waals surface area contributed by atoms with Crippen LogP contribution in [0.5, 0.6) is 0 Å². The summed E-state index contributed by atoms with van der Waals surface area (Å²) in [4.78, 5) is 16.7. The lowest BCUT2D eigenvalue weighted by molar-refractivity contribution is 0.0961. The zero-order chi connectivity index (χ0) is 17.5. The van der Waals surface area contributed by atoms with Gasteiger partial charge in [0, 0.05) is 50.1 Å². The Kier molecular flexibility index (Phi) is 4.02. The maximum atomic E-state index is 12.7. The largest absolute Gasteiger partial charge is 0.347 e. The molecule has 24 heavy (non-hydrogen) atoms. The van der Waals surface area contributed by atoms with E-state index < -0.39 is 10.0 Å². The summed E-state index contributed by atoms with van der Waals surface area (Å²) in [6.07, 6.45) is 6.27. The van der Waals surface area contributed by atoms with Crippen molar-refractivity contribution in [3.63, 3.8) is 0 Å². The highest BCUT2D eigenvalue weighted by molar-refractivity contribution is 7.89. The molecule has 0 aliphatic carbocycles. The maximum Gasteiger partial charge on any atom is 0.265 e. The minimum Gasteiger partial charge on any atom is -0.347 e. The maximum absolute atomic E-state index is 12.7. The monoisotopic (exact) mass is 346 g/mol. The van der Waals surface area contributed by atoms with Crippen molar-refractivity contribution >= 4 is 26.8 Å². The van der Waals surface area contributed by atoms with Crippen molar-refractivity contribution in [3.05, 3.63) is 48.7 Å². The molecular formula is C16H18N4O3S. The lowest BCUT2D eigenvalue weighted by atomic mass is 10.1. The predicted molar refractivity (Wildman–Crippen MR) is 90.4 cm³/mol. The standard InChI is InChI=1S/C16H18N4O3S/c1-4-19-10-14(16(21)20-8-7-17-11-20)13-9-12(5-6-15(13)19)24(22,23)18(2)3/h5-11H,4H2,1-3H3. The van der Waals surface area contributed by atoms with Crippen molar-refractivity contribution in [2.75, 3.05) is 14.1 Å². The minimum absolute atomic E-state index is 0.161. The van der Waals surface area contributed by atoms with Gasteiger partial charge in [-0.15, -0.1) is 0 Å². The van der Waals surface area contributed by atoms with Crippen LogP contribution in [0.4, 0.5) is 0 Å². The Balaban J connectivity index is 2.24. The summed E-state index contributed by atoms with van der Waals surface area (Å²) in [7, 11) is -0.608. The zero-order valence-corrected chi connectivity index (χ0v) is 14.5. The summed E-state index contributed by atoms with van der Waals surface area (Å²) in [5, 5.41) is 0.610. The number of aromatic nitrogens is 3. The molecule has 0 spiro atoms. The Labute approximate surface area is 140 Å². The molecule has 0 radical (unpaired) electrons. The van der Waals surface area contributed by atoms with E-state index in [-0.39, 0.29) is 10.8 Å². The summed E-state index contributed by atoms with van der Waals surface area (Å²) in [6, 6.07) is 4.86. The van der Waals surface area contributed by atoms with Gasteiger partial charge in [-0.25, -0.2) is 17.7 Å². The van der Waals surface area contributed by atoms with Gasteiger partial charge in [0.2, 0.25) is 10.0 Å². The van der Waals surface area contributed by atoms with Crippen molar-refractivity contribution < 1.29 is 13.2 Å². The molecule has 126 valence electrons. The number of rotatable bonds is 4. The Morgan fingerprint density at radius 2 is 2.04 bits per heavy atom. The molecular weight excluding hydrogens is 328 g/mol. The van der Waals surface area contributed by atoms with E-state index in [1.165, 1.54) is 31.2 Å². The number of imidazole rings is 1. The lowest BCUT2D eigenvalue weighted by Gasteiger charge is -2.11. The fourth-order valence-corrected chi connectivity index (χ4v) is 3.53. The van der Waals surface area contributed by atoms with Gasteiger partial charge in [0.25, 0.3) is 5.91 Å². The van der Waals surface area contributed by atoms with Crippen molar-refractivity contribution in [3.8, 4) is 0 Å². The van der Waals surface area contributed by atoms with E-state index >= 15 is 0 Å². The third kappa shape index (κ3) is 2.53. The topological polar surface area (TPSA) is 77.2 Å². The SMILES string of the molecule is CCn1cc(C(=O)n2ccnc2)c2cc(S(=O)(=O)N(C)C)ccc21. The molecule has 3 aromatic rings. The van der Waals surface area contributed by atoms with E-state index in [1.807, 2.05) is 11.5 Å². The van der Waals surface area contributed by atoms with Crippen molar-refractivity contribution in [1.82, 2.24) is 18.4 Å². The first kappa shape index (κ1) is 16.4. The molecule has 7 nitrogen and oxygen atoms in total. The molecule has 2 heterocycles. The van der Waals surface area contributed by atoms with Crippen molar-refractivity contribution in [2.24, 2.45) is 0 Å². The molecule has 3 rings (SSSR count). The van der Waals surface area contributed by atoms with Crippen LogP contribution in [0, 0.1) is 0 Å². The fourth-order valence-electron chi connectivity index (χ4n) is 2.60. The number of aryl methyl sites for hydroxylation is 1. The molecule has 1 aromatic carbocycles. The first-order chi connectivity index (χ1) is 11.4. The molecule has 0 atom stereocenters. The van der Waals surface area contributed by atoms with Crippen molar-refractivity contribution in [1.29, 1.82) is 0 Å². The third-order valence-electron chi connectivity index (χ3n) is 3.94. The molecule has 0 fully saturated rings. The van der Waals surface area contributed by atoms with Crippen LogP contribution >= 0.6 is 0 Å². The van der Waals surface area contributed by atoms with Gasteiger partial charge in [0.1, 0.15) is 6.33 Å². The van der Waals surface area contributed by atoms with E-state index in [0.29, 0.717) is 17.5 Å². The number of fused-ring (bicyclic) bond motifs is 1. The summed E-state index contributed by atoms with van der Waals surface area (Å²) in [6.45, 7) is 2.64. The molecule has 0 unspecified atom stereocenters. The average Bonchev–Trinajstić information content (AvgIpc) is 3.21. The summed E-state index contributed by atoms with van der Waals surface area (Å²) < 4.78 is 29.2. The van der Waals surface area contributed by atoms with E-state index in [0.717, 1.165) is 9.82 Å². The zero-order valence-electron chi connectivity index (χ0n) is 13.7. The van der Waals surface area contributed by atoms with Crippen LogP contribution in [-0.4, -0.2) is 46.8 Å². The van der Waals surface area contributed by atoms with Crippen LogP contribution in [0.15, 0.2) is 48.0 Å². The second-order valence-corrected chi connectivity index (χ2v) is 7.72. The Bertz CT molecular complexity index is 1000.